The molecule has 7 heteroatoms. The van der Waals surface area contributed by atoms with E-state index in [0.29, 0.717) is 19.6 Å². The van der Waals surface area contributed by atoms with Gasteiger partial charge in [0.2, 0.25) is 0 Å². The number of carbonyl (C=O) groups excluding carboxylic acids is 1. The van der Waals surface area contributed by atoms with Crippen LogP contribution in [0.2, 0.25) is 0 Å². The van der Waals surface area contributed by atoms with Gasteiger partial charge in [-0.3, -0.25) is 4.79 Å². The highest BCUT2D eigenvalue weighted by atomic mass is 16.5. The Morgan fingerprint density at radius 3 is 2.74 bits per heavy atom. The Morgan fingerprint density at radius 1 is 1.53 bits per heavy atom. The molecule has 1 fully saturated rings. The lowest BCUT2D eigenvalue weighted by Crippen LogP contribution is -2.57. The van der Waals surface area contributed by atoms with Crippen LogP contribution in [-0.2, 0) is 9.53 Å². The number of nitrogens with zero attached hydrogens (tertiary/aromatic N) is 2. The summed E-state index contributed by atoms with van der Waals surface area (Å²) in [5.74, 6) is -1.04. The van der Waals surface area contributed by atoms with Gasteiger partial charge < -0.3 is 24.7 Å². The molecule has 0 aromatic rings. The Balaban J connectivity index is 2.81. The lowest BCUT2D eigenvalue weighted by molar-refractivity contribution is -0.138. The molecule has 0 aliphatic carbocycles. The van der Waals surface area contributed by atoms with Crippen molar-refractivity contribution in [3.63, 3.8) is 0 Å². The Bertz CT molecular complexity index is 323. The van der Waals surface area contributed by atoms with Gasteiger partial charge in [-0.2, -0.15) is 0 Å². The highest BCUT2D eigenvalue weighted by Gasteiger charge is 2.32. The zero-order valence-electron chi connectivity index (χ0n) is 11.4. The molecule has 0 bridgehead atoms. The van der Waals surface area contributed by atoms with Crippen LogP contribution in [-0.4, -0.2) is 77.0 Å². The second-order valence-electron chi connectivity index (χ2n) is 4.67. The standard InChI is InChI=1S/C12H22N2O5/c1-3-9(2)14(6-11(16)17)12(18)13-4-5-19-8-10(13)7-15/h9-10,15H,3-8H2,1-2H3,(H,16,17). The topological polar surface area (TPSA) is 90.3 Å². The molecular formula is C12H22N2O5. The number of carboxylic acids is 1. The first-order valence-corrected chi connectivity index (χ1v) is 6.48. The average molecular weight is 274 g/mol. The van der Waals surface area contributed by atoms with Crippen LogP contribution >= 0.6 is 0 Å². The molecule has 110 valence electrons. The van der Waals surface area contributed by atoms with Gasteiger partial charge in [0.25, 0.3) is 0 Å². The van der Waals surface area contributed by atoms with E-state index >= 15 is 0 Å². The van der Waals surface area contributed by atoms with E-state index in [1.807, 2.05) is 13.8 Å². The predicted octanol–water partition coefficient (Wildman–Crippen LogP) is -0.0154. The second-order valence-corrected chi connectivity index (χ2v) is 4.67. The normalized spacial score (nSPS) is 21.0. The fourth-order valence-corrected chi connectivity index (χ4v) is 2.00. The fourth-order valence-electron chi connectivity index (χ4n) is 2.00. The van der Waals surface area contributed by atoms with E-state index < -0.39 is 12.0 Å². The van der Waals surface area contributed by atoms with Gasteiger partial charge in [-0.15, -0.1) is 0 Å². The van der Waals surface area contributed by atoms with E-state index in [1.54, 1.807) is 0 Å². The van der Waals surface area contributed by atoms with Crippen LogP contribution in [0.25, 0.3) is 0 Å². The predicted molar refractivity (Wildman–Crippen MR) is 67.9 cm³/mol. The van der Waals surface area contributed by atoms with Crippen molar-refractivity contribution in [2.24, 2.45) is 0 Å². The van der Waals surface area contributed by atoms with Crippen molar-refractivity contribution in [3.05, 3.63) is 0 Å². The molecule has 0 spiro atoms. The molecule has 2 atom stereocenters. The number of amides is 2. The number of rotatable bonds is 5. The van der Waals surface area contributed by atoms with Crippen LogP contribution in [0.1, 0.15) is 20.3 Å². The summed E-state index contributed by atoms with van der Waals surface area (Å²) in [6, 6.07) is -0.911. The van der Waals surface area contributed by atoms with E-state index in [4.69, 9.17) is 9.84 Å². The molecule has 2 amide bonds. The van der Waals surface area contributed by atoms with Crippen molar-refractivity contribution in [1.82, 2.24) is 9.80 Å². The van der Waals surface area contributed by atoms with Crippen LogP contribution < -0.4 is 0 Å². The third-order valence-corrected chi connectivity index (χ3v) is 3.36. The summed E-state index contributed by atoms with van der Waals surface area (Å²) in [6.45, 7) is 4.26. The van der Waals surface area contributed by atoms with Crippen molar-refractivity contribution in [2.45, 2.75) is 32.4 Å². The lowest BCUT2D eigenvalue weighted by atomic mass is 10.2. The monoisotopic (exact) mass is 274 g/mol. The first-order chi connectivity index (χ1) is 9.01. The second kappa shape index (κ2) is 7.30. The van der Waals surface area contributed by atoms with Crippen LogP contribution in [0.3, 0.4) is 0 Å². The van der Waals surface area contributed by atoms with Crippen LogP contribution in [0, 0.1) is 0 Å². The largest absolute Gasteiger partial charge is 0.480 e. The minimum Gasteiger partial charge on any atom is -0.480 e. The smallest absolute Gasteiger partial charge is 0.323 e. The maximum absolute atomic E-state index is 12.4. The number of aliphatic carboxylic acids is 1. The summed E-state index contributed by atoms with van der Waals surface area (Å²) in [5, 5.41) is 18.2. The van der Waals surface area contributed by atoms with E-state index in [2.05, 4.69) is 0 Å². The summed E-state index contributed by atoms with van der Waals surface area (Å²) >= 11 is 0. The van der Waals surface area contributed by atoms with Crippen molar-refractivity contribution < 1.29 is 24.5 Å². The number of hydrogen-bond donors (Lipinski definition) is 2. The molecule has 1 aliphatic rings. The maximum Gasteiger partial charge on any atom is 0.323 e. The number of aliphatic hydroxyl groups excluding tert-OH is 1. The number of aliphatic hydroxyl groups is 1. The number of carboxylic acid groups (broad SMARTS) is 1. The van der Waals surface area contributed by atoms with Gasteiger partial charge >= 0.3 is 12.0 Å². The number of carbonyl (C=O) groups is 2. The van der Waals surface area contributed by atoms with Crippen molar-refractivity contribution >= 4 is 12.0 Å². The van der Waals surface area contributed by atoms with Gasteiger partial charge in [0.15, 0.2) is 0 Å². The van der Waals surface area contributed by atoms with Gasteiger partial charge in [0.1, 0.15) is 6.54 Å². The fraction of sp³-hybridized carbons (Fsp3) is 0.833. The molecular weight excluding hydrogens is 252 g/mol. The molecule has 0 aromatic heterocycles. The van der Waals surface area contributed by atoms with E-state index in [1.165, 1.54) is 9.80 Å². The molecule has 0 saturated carbocycles. The highest BCUT2D eigenvalue weighted by Crippen LogP contribution is 2.13. The molecule has 1 saturated heterocycles. The van der Waals surface area contributed by atoms with Crippen LogP contribution in [0.15, 0.2) is 0 Å². The highest BCUT2D eigenvalue weighted by molar-refractivity contribution is 5.80. The molecule has 2 unspecified atom stereocenters. The van der Waals surface area contributed by atoms with Gasteiger partial charge in [0, 0.05) is 12.6 Å². The molecule has 1 rings (SSSR count). The average Bonchev–Trinajstić information content (AvgIpc) is 2.42. The Morgan fingerprint density at radius 2 is 2.21 bits per heavy atom. The van der Waals surface area contributed by atoms with Gasteiger partial charge in [0.05, 0.1) is 25.9 Å². The molecule has 7 nitrogen and oxygen atoms in total. The summed E-state index contributed by atoms with van der Waals surface area (Å²) in [7, 11) is 0. The van der Waals surface area contributed by atoms with Crippen molar-refractivity contribution in [1.29, 1.82) is 0 Å². The molecule has 0 radical (unpaired) electrons. The van der Waals surface area contributed by atoms with E-state index in [9.17, 15) is 14.7 Å². The third kappa shape index (κ3) is 4.07. The minimum atomic E-state index is -1.04. The number of ether oxygens (including phenoxy) is 1. The van der Waals surface area contributed by atoms with Crippen LogP contribution in [0.4, 0.5) is 4.79 Å². The zero-order valence-corrected chi connectivity index (χ0v) is 11.4. The van der Waals surface area contributed by atoms with E-state index in [-0.39, 0.29) is 31.8 Å². The van der Waals surface area contributed by atoms with Gasteiger partial charge in [-0.25, -0.2) is 4.79 Å². The number of urea groups is 1. The zero-order chi connectivity index (χ0) is 14.4. The third-order valence-electron chi connectivity index (χ3n) is 3.36. The van der Waals surface area contributed by atoms with Crippen molar-refractivity contribution in [2.75, 3.05) is 32.9 Å². The molecule has 1 heterocycles. The Kier molecular flexibility index (Phi) is 6.04. The summed E-state index contributed by atoms with van der Waals surface area (Å²) in [5.41, 5.74) is 0. The Hall–Kier alpha value is -1.34. The van der Waals surface area contributed by atoms with E-state index in [0.717, 1.165) is 0 Å². The van der Waals surface area contributed by atoms with Gasteiger partial charge in [-0.1, -0.05) is 6.92 Å². The summed E-state index contributed by atoms with van der Waals surface area (Å²) < 4.78 is 5.21. The number of morpholine rings is 1. The first-order valence-electron chi connectivity index (χ1n) is 6.48. The quantitative estimate of drug-likeness (QED) is 0.735. The lowest BCUT2D eigenvalue weighted by Gasteiger charge is -2.39. The first kappa shape index (κ1) is 15.7. The number of hydrogen-bond acceptors (Lipinski definition) is 4. The van der Waals surface area contributed by atoms with Crippen molar-refractivity contribution in [3.8, 4) is 0 Å². The minimum absolute atomic E-state index is 0.161. The van der Waals surface area contributed by atoms with Gasteiger partial charge in [-0.05, 0) is 13.3 Å². The summed E-state index contributed by atoms with van der Waals surface area (Å²) in [4.78, 5) is 26.1. The molecule has 0 aromatic carbocycles. The molecule has 19 heavy (non-hydrogen) atoms. The Labute approximate surface area is 112 Å². The van der Waals surface area contributed by atoms with Crippen LogP contribution in [0.5, 0.6) is 0 Å². The molecule has 2 N–H and O–H groups in total. The maximum atomic E-state index is 12.4. The summed E-state index contributed by atoms with van der Waals surface area (Å²) in [6.07, 6.45) is 0.674. The molecule has 1 aliphatic heterocycles. The SMILES string of the molecule is CCC(C)N(CC(=O)O)C(=O)N1CCOCC1CO.